The van der Waals surface area contributed by atoms with Crippen molar-refractivity contribution in [2.45, 2.75) is 27.3 Å². The fourth-order valence-corrected chi connectivity index (χ4v) is 1.88. The summed E-state index contributed by atoms with van der Waals surface area (Å²) in [4.78, 5) is 23.6. The number of nitrogens with zero attached hydrogens (tertiary/aromatic N) is 2. The summed E-state index contributed by atoms with van der Waals surface area (Å²) in [5, 5.41) is 6.85. The molecule has 0 bridgehead atoms. The standard InChI is InChI=1S/C15H17N3O2/c1-10-5-4-6-13(12(10)3)16-14(19)9-18-15(20)8-7-11(2)17-18/h4-8H,9H2,1-3H3,(H,16,19). The smallest absolute Gasteiger partial charge is 0.267 e. The van der Waals surface area contributed by atoms with E-state index in [-0.39, 0.29) is 18.0 Å². The van der Waals surface area contributed by atoms with Crippen molar-refractivity contribution in [2.75, 3.05) is 5.32 Å². The summed E-state index contributed by atoms with van der Waals surface area (Å²) in [7, 11) is 0. The average Bonchev–Trinajstić information content (AvgIpc) is 2.39. The van der Waals surface area contributed by atoms with Gasteiger partial charge in [0.1, 0.15) is 6.54 Å². The topological polar surface area (TPSA) is 64.0 Å². The Morgan fingerprint density at radius 2 is 1.95 bits per heavy atom. The van der Waals surface area contributed by atoms with Gasteiger partial charge in [-0.1, -0.05) is 12.1 Å². The summed E-state index contributed by atoms with van der Waals surface area (Å²) in [5.41, 5.74) is 3.30. The van der Waals surface area contributed by atoms with Crippen molar-refractivity contribution in [1.29, 1.82) is 0 Å². The Kier molecular flexibility index (Phi) is 3.98. The van der Waals surface area contributed by atoms with Crippen LogP contribution in [-0.4, -0.2) is 15.7 Å². The molecule has 0 aliphatic rings. The molecule has 0 atom stereocenters. The van der Waals surface area contributed by atoms with Crippen LogP contribution in [0.5, 0.6) is 0 Å². The molecular weight excluding hydrogens is 254 g/mol. The SMILES string of the molecule is Cc1ccc(=O)n(CC(=O)Nc2cccc(C)c2C)n1. The van der Waals surface area contributed by atoms with Crippen LogP contribution in [0.2, 0.25) is 0 Å². The van der Waals surface area contributed by atoms with Crippen LogP contribution in [0.1, 0.15) is 16.8 Å². The second-order valence-corrected chi connectivity index (χ2v) is 4.77. The molecule has 0 saturated heterocycles. The molecule has 1 aromatic heterocycles. The Bertz CT molecular complexity index is 705. The van der Waals surface area contributed by atoms with Gasteiger partial charge in [-0.05, 0) is 44.0 Å². The summed E-state index contributed by atoms with van der Waals surface area (Å²) >= 11 is 0. The molecule has 0 spiro atoms. The molecule has 5 nitrogen and oxygen atoms in total. The van der Waals surface area contributed by atoms with Crippen molar-refractivity contribution in [1.82, 2.24) is 9.78 Å². The highest BCUT2D eigenvalue weighted by Gasteiger charge is 2.08. The highest BCUT2D eigenvalue weighted by Crippen LogP contribution is 2.17. The van der Waals surface area contributed by atoms with Gasteiger partial charge in [0.2, 0.25) is 5.91 Å². The van der Waals surface area contributed by atoms with Crippen molar-refractivity contribution < 1.29 is 4.79 Å². The maximum Gasteiger partial charge on any atom is 0.267 e. The van der Waals surface area contributed by atoms with Gasteiger partial charge in [-0.2, -0.15) is 5.10 Å². The molecule has 0 radical (unpaired) electrons. The van der Waals surface area contributed by atoms with Gasteiger partial charge in [-0.3, -0.25) is 9.59 Å². The van der Waals surface area contributed by atoms with Gasteiger partial charge in [-0.25, -0.2) is 4.68 Å². The molecule has 0 saturated carbocycles. The third-order valence-electron chi connectivity index (χ3n) is 3.17. The zero-order valence-electron chi connectivity index (χ0n) is 11.8. The van der Waals surface area contributed by atoms with Gasteiger partial charge in [-0.15, -0.1) is 0 Å². The quantitative estimate of drug-likeness (QED) is 0.926. The highest BCUT2D eigenvalue weighted by molar-refractivity contribution is 5.91. The van der Waals surface area contributed by atoms with E-state index >= 15 is 0 Å². The first kappa shape index (κ1) is 14.0. The van der Waals surface area contributed by atoms with Gasteiger partial charge in [0, 0.05) is 11.8 Å². The Morgan fingerprint density at radius 3 is 2.70 bits per heavy atom. The van der Waals surface area contributed by atoms with E-state index in [0.29, 0.717) is 5.69 Å². The van der Waals surface area contributed by atoms with E-state index in [0.717, 1.165) is 21.5 Å². The lowest BCUT2D eigenvalue weighted by Gasteiger charge is -2.11. The number of rotatable bonds is 3. The predicted molar refractivity (Wildman–Crippen MR) is 77.8 cm³/mol. The van der Waals surface area contributed by atoms with Crippen LogP contribution in [0.15, 0.2) is 35.1 Å². The number of benzene rings is 1. The fraction of sp³-hybridized carbons (Fsp3) is 0.267. The van der Waals surface area contributed by atoms with Crippen LogP contribution in [0, 0.1) is 20.8 Å². The van der Waals surface area contributed by atoms with Crippen LogP contribution in [-0.2, 0) is 11.3 Å². The number of carbonyl (C=O) groups is 1. The van der Waals surface area contributed by atoms with Gasteiger partial charge in [0.25, 0.3) is 5.56 Å². The zero-order valence-corrected chi connectivity index (χ0v) is 11.8. The number of anilines is 1. The maximum absolute atomic E-state index is 12.0. The zero-order chi connectivity index (χ0) is 14.7. The molecule has 1 N–H and O–H groups in total. The number of aromatic nitrogens is 2. The number of hydrogen-bond donors (Lipinski definition) is 1. The summed E-state index contributed by atoms with van der Waals surface area (Å²) in [5.74, 6) is -0.265. The van der Waals surface area contributed by atoms with E-state index < -0.39 is 0 Å². The molecule has 2 aromatic rings. The van der Waals surface area contributed by atoms with Crippen LogP contribution < -0.4 is 10.9 Å². The monoisotopic (exact) mass is 271 g/mol. The van der Waals surface area contributed by atoms with Crippen LogP contribution in [0.3, 0.4) is 0 Å². The van der Waals surface area contributed by atoms with E-state index in [2.05, 4.69) is 10.4 Å². The number of carbonyl (C=O) groups excluding carboxylic acids is 1. The molecule has 1 aromatic carbocycles. The Hall–Kier alpha value is -2.43. The molecule has 0 unspecified atom stereocenters. The predicted octanol–water partition coefficient (Wildman–Crippen LogP) is 1.81. The van der Waals surface area contributed by atoms with Gasteiger partial charge in [0.15, 0.2) is 0 Å². The fourth-order valence-electron chi connectivity index (χ4n) is 1.88. The number of aryl methyl sites for hydroxylation is 2. The van der Waals surface area contributed by atoms with E-state index in [4.69, 9.17) is 0 Å². The van der Waals surface area contributed by atoms with E-state index in [1.807, 2.05) is 32.0 Å². The van der Waals surface area contributed by atoms with Crippen molar-refractivity contribution in [3.8, 4) is 0 Å². The van der Waals surface area contributed by atoms with E-state index in [1.165, 1.54) is 6.07 Å². The van der Waals surface area contributed by atoms with Crippen molar-refractivity contribution in [2.24, 2.45) is 0 Å². The Balaban J connectivity index is 2.15. The van der Waals surface area contributed by atoms with E-state index in [1.54, 1.807) is 13.0 Å². The largest absolute Gasteiger partial charge is 0.324 e. The molecule has 1 heterocycles. The second-order valence-electron chi connectivity index (χ2n) is 4.77. The average molecular weight is 271 g/mol. The minimum Gasteiger partial charge on any atom is -0.324 e. The molecule has 5 heteroatoms. The van der Waals surface area contributed by atoms with Gasteiger partial charge >= 0.3 is 0 Å². The minimum absolute atomic E-state index is 0.0894. The van der Waals surface area contributed by atoms with Crippen molar-refractivity contribution in [3.63, 3.8) is 0 Å². The van der Waals surface area contributed by atoms with Crippen molar-refractivity contribution in [3.05, 3.63) is 57.5 Å². The molecule has 1 amide bonds. The lowest BCUT2D eigenvalue weighted by Crippen LogP contribution is -2.29. The minimum atomic E-state index is -0.285. The number of nitrogens with one attached hydrogen (secondary N) is 1. The van der Waals surface area contributed by atoms with Gasteiger partial charge in [0.05, 0.1) is 5.69 Å². The Morgan fingerprint density at radius 1 is 1.20 bits per heavy atom. The first-order chi connectivity index (χ1) is 9.47. The lowest BCUT2D eigenvalue weighted by molar-refractivity contribution is -0.117. The first-order valence-corrected chi connectivity index (χ1v) is 6.38. The van der Waals surface area contributed by atoms with E-state index in [9.17, 15) is 9.59 Å². The summed E-state index contributed by atoms with van der Waals surface area (Å²) in [6, 6.07) is 8.74. The highest BCUT2D eigenvalue weighted by atomic mass is 16.2. The molecule has 0 aliphatic heterocycles. The third-order valence-corrected chi connectivity index (χ3v) is 3.17. The summed E-state index contributed by atoms with van der Waals surface area (Å²) < 4.78 is 1.16. The maximum atomic E-state index is 12.0. The molecule has 20 heavy (non-hydrogen) atoms. The molecular formula is C15H17N3O2. The lowest BCUT2D eigenvalue weighted by atomic mass is 10.1. The first-order valence-electron chi connectivity index (χ1n) is 6.38. The second kappa shape index (κ2) is 5.69. The molecule has 0 aliphatic carbocycles. The van der Waals surface area contributed by atoms with Crippen LogP contribution in [0.25, 0.3) is 0 Å². The van der Waals surface area contributed by atoms with Crippen LogP contribution >= 0.6 is 0 Å². The number of hydrogen-bond acceptors (Lipinski definition) is 3. The van der Waals surface area contributed by atoms with Crippen molar-refractivity contribution >= 4 is 11.6 Å². The van der Waals surface area contributed by atoms with Gasteiger partial charge < -0.3 is 5.32 Å². The Labute approximate surface area is 117 Å². The summed E-state index contributed by atoms with van der Waals surface area (Å²) in [6.45, 7) is 5.62. The number of amides is 1. The molecule has 2 rings (SSSR count). The third kappa shape index (κ3) is 3.12. The normalized spacial score (nSPS) is 10.3. The molecule has 0 fully saturated rings. The summed E-state index contributed by atoms with van der Waals surface area (Å²) in [6.07, 6.45) is 0. The molecule has 104 valence electrons. The van der Waals surface area contributed by atoms with Crippen LogP contribution in [0.4, 0.5) is 5.69 Å².